The Morgan fingerprint density at radius 2 is 1.67 bits per heavy atom. The molecule has 1 aliphatic rings. The molecule has 0 aromatic heterocycles. The first-order valence-corrected chi connectivity index (χ1v) is 7.50. The summed E-state index contributed by atoms with van der Waals surface area (Å²) in [6.07, 6.45) is 9.81. The van der Waals surface area contributed by atoms with Gasteiger partial charge in [-0.3, -0.25) is 0 Å². The summed E-state index contributed by atoms with van der Waals surface area (Å²) >= 11 is 0. The van der Waals surface area contributed by atoms with Gasteiger partial charge in [-0.1, -0.05) is 56.4 Å². The Labute approximate surface area is 111 Å². The topological polar surface area (TPSA) is 20.2 Å². The van der Waals surface area contributed by atoms with Crippen LogP contribution >= 0.6 is 0 Å². The van der Waals surface area contributed by atoms with Crippen LogP contribution in [0.3, 0.4) is 0 Å². The quantitative estimate of drug-likeness (QED) is 0.845. The minimum atomic E-state index is -0.149. The zero-order chi connectivity index (χ0) is 12.8. The van der Waals surface area contributed by atoms with Gasteiger partial charge in [0.25, 0.3) is 0 Å². The van der Waals surface area contributed by atoms with Crippen molar-refractivity contribution in [2.45, 2.75) is 64.4 Å². The molecule has 1 aromatic carbocycles. The number of aliphatic hydroxyl groups is 1. The molecule has 0 spiro atoms. The zero-order valence-electron chi connectivity index (χ0n) is 11.6. The molecule has 1 N–H and O–H groups in total. The Bertz CT molecular complexity index is 350. The minimum absolute atomic E-state index is 0.149. The minimum Gasteiger partial charge on any atom is -0.392 e. The van der Waals surface area contributed by atoms with Crippen molar-refractivity contribution in [3.8, 4) is 0 Å². The molecule has 0 amide bonds. The molecule has 0 aliphatic heterocycles. The van der Waals surface area contributed by atoms with E-state index in [2.05, 4.69) is 31.2 Å². The fourth-order valence-corrected chi connectivity index (χ4v) is 3.10. The Morgan fingerprint density at radius 3 is 2.33 bits per heavy atom. The maximum Gasteiger partial charge on any atom is 0.0608 e. The number of hydrogen-bond donors (Lipinski definition) is 1. The van der Waals surface area contributed by atoms with Gasteiger partial charge in [-0.05, 0) is 43.2 Å². The molecule has 1 atom stereocenters. The lowest BCUT2D eigenvalue weighted by molar-refractivity contribution is 0.0912. The van der Waals surface area contributed by atoms with Crippen LogP contribution in [-0.4, -0.2) is 11.2 Å². The molecule has 1 unspecified atom stereocenters. The van der Waals surface area contributed by atoms with E-state index >= 15 is 0 Å². The third-order valence-corrected chi connectivity index (χ3v) is 4.38. The second-order valence-electron chi connectivity index (χ2n) is 5.80. The van der Waals surface area contributed by atoms with Crippen molar-refractivity contribution in [1.82, 2.24) is 0 Å². The van der Waals surface area contributed by atoms with Crippen molar-refractivity contribution in [3.63, 3.8) is 0 Å². The Balaban J connectivity index is 1.93. The summed E-state index contributed by atoms with van der Waals surface area (Å²) in [5.74, 6) is 0.518. The van der Waals surface area contributed by atoms with Gasteiger partial charge in [-0.2, -0.15) is 0 Å². The van der Waals surface area contributed by atoms with E-state index in [1.165, 1.54) is 56.1 Å². The van der Waals surface area contributed by atoms with E-state index in [4.69, 9.17) is 0 Å². The van der Waals surface area contributed by atoms with Gasteiger partial charge in [-0.25, -0.2) is 0 Å². The van der Waals surface area contributed by atoms with E-state index in [0.29, 0.717) is 5.92 Å². The summed E-state index contributed by atoms with van der Waals surface area (Å²) in [6, 6.07) is 8.44. The largest absolute Gasteiger partial charge is 0.392 e. The van der Waals surface area contributed by atoms with Gasteiger partial charge in [0.15, 0.2) is 0 Å². The van der Waals surface area contributed by atoms with Crippen molar-refractivity contribution in [2.24, 2.45) is 5.92 Å². The number of aryl methyl sites for hydroxylation is 1. The fraction of sp³-hybridized carbons (Fsp3) is 0.647. The highest BCUT2D eigenvalue weighted by molar-refractivity contribution is 5.26. The third-order valence-electron chi connectivity index (χ3n) is 4.38. The standard InChI is InChI=1S/C17H26O/c1-14-9-7-8-12-16(14)13-17(18)15-10-5-3-2-4-6-11-15/h7-9,12,15,17-18H,2-6,10-11,13H2,1H3. The van der Waals surface area contributed by atoms with Crippen molar-refractivity contribution in [3.05, 3.63) is 35.4 Å². The van der Waals surface area contributed by atoms with Crippen molar-refractivity contribution >= 4 is 0 Å². The Hall–Kier alpha value is -0.820. The first-order valence-electron chi connectivity index (χ1n) is 7.50. The molecule has 1 saturated carbocycles. The van der Waals surface area contributed by atoms with E-state index in [-0.39, 0.29) is 6.10 Å². The number of rotatable bonds is 3. The van der Waals surface area contributed by atoms with E-state index in [9.17, 15) is 5.11 Å². The second kappa shape index (κ2) is 6.94. The highest BCUT2D eigenvalue weighted by Gasteiger charge is 2.20. The molecule has 1 fully saturated rings. The van der Waals surface area contributed by atoms with Gasteiger partial charge in [0.05, 0.1) is 6.10 Å². The van der Waals surface area contributed by atoms with Crippen LogP contribution in [0.1, 0.15) is 56.1 Å². The molecule has 1 nitrogen and oxygen atoms in total. The average molecular weight is 246 g/mol. The molecule has 100 valence electrons. The summed E-state index contributed by atoms with van der Waals surface area (Å²) in [4.78, 5) is 0. The van der Waals surface area contributed by atoms with Crippen LogP contribution in [0, 0.1) is 12.8 Å². The summed E-state index contributed by atoms with van der Waals surface area (Å²) in [7, 11) is 0. The molecule has 0 heterocycles. The highest BCUT2D eigenvalue weighted by Crippen LogP contribution is 2.27. The van der Waals surface area contributed by atoms with Crippen LogP contribution in [0.5, 0.6) is 0 Å². The molecule has 0 radical (unpaired) electrons. The highest BCUT2D eigenvalue weighted by atomic mass is 16.3. The predicted molar refractivity (Wildman–Crippen MR) is 76.7 cm³/mol. The molecule has 1 heteroatoms. The average Bonchev–Trinajstić information content (AvgIpc) is 2.31. The maximum atomic E-state index is 10.5. The van der Waals surface area contributed by atoms with E-state index < -0.39 is 0 Å². The molecule has 1 aliphatic carbocycles. The molecular formula is C17H26O. The van der Waals surface area contributed by atoms with Crippen molar-refractivity contribution in [1.29, 1.82) is 0 Å². The summed E-state index contributed by atoms with van der Waals surface area (Å²) < 4.78 is 0. The van der Waals surface area contributed by atoms with Crippen LogP contribution in [0.15, 0.2) is 24.3 Å². The lowest BCUT2D eigenvalue weighted by Gasteiger charge is -2.25. The molecule has 0 saturated heterocycles. The first-order chi connectivity index (χ1) is 8.77. The molecular weight excluding hydrogens is 220 g/mol. The van der Waals surface area contributed by atoms with Crippen molar-refractivity contribution in [2.75, 3.05) is 0 Å². The van der Waals surface area contributed by atoms with Gasteiger partial charge < -0.3 is 5.11 Å². The van der Waals surface area contributed by atoms with Crippen LogP contribution in [0.2, 0.25) is 0 Å². The van der Waals surface area contributed by atoms with Crippen LogP contribution in [-0.2, 0) is 6.42 Å². The Morgan fingerprint density at radius 1 is 1.06 bits per heavy atom. The van der Waals surface area contributed by atoms with Gasteiger partial charge in [-0.15, -0.1) is 0 Å². The molecule has 1 aromatic rings. The molecule has 18 heavy (non-hydrogen) atoms. The number of hydrogen-bond acceptors (Lipinski definition) is 1. The van der Waals surface area contributed by atoms with Gasteiger partial charge in [0.1, 0.15) is 0 Å². The second-order valence-corrected chi connectivity index (χ2v) is 5.80. The zero-order valence-corrected chi connectivity index (χ0v) is 11.6. The summed E-state index contributed by atoms with van der Waals surface area (Å²) in [5, 5.41) is 10.5. The number of benzene rings is 1. The molecule has 2 rings (SSSR count). The van der Waals surface area contributed by atoms with Crippen LogP contribution < -0.4 is 0 Å². The lowest BCUT2D eigenvalue weighted by Crippen LogP contribution is -2.24. The first kappa shape index (κ1) is 13.6. The molecule has 0 bridgehead atoms. The van der Waals surface area contributed by atoms with Gasteiger partial charge in [0.2, 0.25) is 0 Å². The summed E-state index contributed by atoms with van der Waals surface area (Å²) in [5.41, 5.74) is 2.62. The number of aliphatic hydroxyl groups excluding tert-OH is 1. The normalized spacial score (nSPS) is 20.1. The van der Waals surface area contributed by atoms with E-state index in [0.717, 1.165) is 6.42 Å². The van der Waals surface area contributed by atoms with Gasteiger partial charge in [0, 0.05) is 0 Å². The summed E-state index contributed by atoms with van der Waals surface area (Å²) in [6.45, 7) is 2.14. The van der Waals surface area contributed by atoms with Gasteiger partial charge >= 0.3 is 0 Å². The third kappa shape index (κ3) is 3.84. The van der Waals surface area contributed by atoms with Crippen LogP contribution in [0.4, 0.5) is 0 Å². The van der Waals surface area contributed by atoms with Crippen LogP contribution in [0.25, 0.3) is 0 Å². The Kier molecular flexibility index (Phi) is 5.25. The smallest absolute Gasteiger partial charge is 0.0608 e. The maximum absolute atomic E-state index is 10.5. The van der Waals surface area contributed by atoms with Crippen molar-refractivity contribution < 1.29 is 5.11 Å². The SMILES string of the molecule is Cc1ccccc1CC(O)C1CCCCCCC1. The van der Waals surface area contributed by atoms with E-state index in [1.54, 1.807) is 0 Å². The predicted octanol–water partition coefficient (Wildman–Crippen LogP) is 4.26. The van der Waals surface area contributed by atoms with E-state index in [1.807, 2.05) is 0 Å². The monoisotopic (exact) mass is 246 g/mol. The lowest BCUT2D eigenvalue weighted by atomic mass is 9.84. The fourth-order valence-electron chi connectivity index (χ4n) is 3.10.